The van der Waals surface area contributed by atoms with E-state index in [1.165, 1.54) is 12.1 Å². The van der Waals surface area contributed by atoms with Gasteiger partial charge < -0.3 is 19.5 Å². The highest BCUT2D eigenvalue weighted by Gasteiger charge is 2.11. The van der Waals surface area contributed by atoms with Crippen molar-refractivity contribution in [3.05, 3.63) is 65.7 Å². The first kappa shape index (κ1) is 29.2. The van der Waals surface area contributed by atoms with Crippen LogP contribution in [-0.2, 0) is 30.3 Å². The third kappa shape index (κ3) is 12.5. The Morgan fingerprint density at radius 2 is 1.57 bits per heavy atom. The smallest absolute Gasteiger partial charge is 0.338 e. The van der Waals surface area contributed by atoms with Crippen LogP contribution >= 0.6 is 12.2 Å². The lowest BCUT2D eigenvalue weighted by Crippen LogP contribution is -2.49. The summed E-state index contributed by atoms with van der Waals surface area (Å²) in [5, 5.41) is 2.22. The molecule has 0 saturated heterocycles. The van der Waals surface area contributed by atoms with Crippen molar-refractivity contribution in [3.8, 4) is 5.75 Å². The van der Waals surface area contributed by atoms with Gasteiger partial charge in [-0.2, -0.15) is 0 Å². The lowest BCUT2D eigenvalue weighted by molar-refractivity contribution is -0.145. The van der Waals surface area contributed by atoms with E-state index in [2.05, 4.69) is 16.2 Å². The van der Waals surface area contributed by atoms with Crippen LogP contribution in [0.25, 0.3) is 0 Å². The molecule has 0 aliphatic carbocycles. The number of thiocarbonyl (C=S) groups is 1. The molecule has 0 spiro atoms. The SMILES string of the molecule is CCCOC(=O)c1ccc(OCC(=O)NNC(=S)NC(=O)CCC(=O)OCCCc2ccccc2)cc1. The average molecular weight is 530 g/mol. The van der Waals surface area contributed by atoms with Gasteiger partial charge in [0.15, 0.2) is 11.7 Å². The fourth-order valence-electron chi connectivity index (χ4n) is 2.89. The third-order valence-electron chi connectivity index (χ3n) is 4.74. The second-order valence-corrected chi connectivity index (χ2v) is 8.22. The van der Waals surface area contributed by atoms with Gasteiger partial charge in [-0.25, -0.2) is 4.79 Å². The van der Waals surface area contributed by atoms with Gasteiger partial charge in [-0.1, -0.05) is 37.3 Å². The average Bonchev–Trinajstić information content (AvgIpc) is 2.91. The number of aryl methyl sites for hydroxylation is 1. The molecule has 0 heterocycles. The number of rotatable bonds is 13. The largest absolute Gasteiger partial charge is 0.484 e. The van der Waals surface area contributed by atoms with E-state index in [-0.39, 0.29) is 31.2 Å². The van der Waals surface area contributed by atoms with Gasteiger partial charge >= 0.3 is 11.9 Å². The van der Waals surface area contributed by atoms with Gasteiger partial charge in [0.05, 0.1) is 25.2 Å². The van der Waals surface area contributed by atoms with E-state index >= 15 is 0 Å². The molecule has 0 bridgehead atoms. The number of esters is 2. The van der Waals surface area contributed by atoms with Crippen molar-refractivity contribution in [2.45, 2.75) is 39.0 Å². The molecule has 2 amide bonds. The van der Waals surface area contributed by atoms with E-state index in [0.717, 1.165) is 18.4 Å². The molecule has 37 heavy (non-hydrogen) atoms. The number of ether oxygens (including phenoxy) is 3. The number of benzene rings is 2. The van der Waals surface area contributed by atoms with Gasteiger partial charge in [0.2, 0.25) is 5.91 Å². The van der Waals surface area contributed by atoms with Crippen molar-refractivity contribution in [1.82, 2.24) is 16.2 Å². The Labute approximate surface area is 221 Å². The zero-order valence-corrected chi connectivity index (χ0v) is 21.4. The van der Waals surface area contributed by atoms with Crippen LogP contribution in [0.3, 0.4) is 0 Å². The Balaban J connectivity index is 1.55. The molecule has 2 rings (SSSR count). The Morgan fingerprint density at radius 3 is 2.27 bits per heavy atom. The maximum atomic E-state index is 11.9. The predicted molar refractivity (Wildman–Crippen MR) is 139 cm³/mol. The summed E-state index contributed by atoms with van der Waals surface area (Å²) in [6, 6.07) is 16.0. The van der Waals surface area contributed by atoms with Crippen LogP contribution in [0.2, 0.25) is 0 Å². The van der Waals surface area contributed by atoms with E-state index in [9.17, 15) is 19.2 Å². The summed E-state index contributed by atoms with van der Waals surface area (Å²) in [6.45, 7) is 2.19. The zero-order chi connectivity index (χ0) is 26.9. The van der Waals surface area contributed by atoms with Crippen LogP contribution in [0.4, 0.5) is 0 Å². The molecule has 0 fully saturated rings. The quantitative estimate of drug-likeness (QED) is 0.155. The van der Waals surface area contributed by atoms with Gasteiger partial charge in [-0.05, 0) is 61.3 Å². The van der Waals surface area contributed by atoms with Crippen LogP contribution in [0.5, 0.6) is 5.75 Å². The van der Waals surface area contributed by atoms with Crippen LogP contribution < -0.4 is 20.9 Å². The molecule has 2 aromatic rings. The number of hydrogen-bond donors (Lipinski definition) is 3. The molecular weight excluding hydrogens is 498 g/mol. The van der Waals surface area contributed by atoms with Crippen molar-refractivity contribution >= 4 is 41.1 Å². The maximum absolute atomic E-state index is 11.9. The number of amides is 2. The Kier molecular flexibility index (Phi) is 13.2. The predicted octanol–water partition coefficient (Wildman–Crippen LogP) is 2.61. The minimum Gasteiger partial charge on any atom is -0.484 e. The summed E-state index contributed by atoms with van der Waals surface area (Å²) < 4.78 is 15.5. The normalized spacial score (nSPS) is 10.1. The van der Waals surface area contributed by atoms with Crippen LogP contribution in [0, 0.1) is 0 Å². The standard InChI is InChI=1S/C26H31N3O7S/c1-2-16-35-25(33)20-10-12-21(13-11-20)36-18-23(31)28-29-26(37)27-22(30)14-15-24(32)34-17-6-9-19-7-4-3-5-8-19/h3-5,7-8,10-13H,2,6,9,14-18H2,1H3,(H,28,31)(H2,27,29,30,37). The first-order valence-electron chi connectivity index (χ1n) is 11.9. The summed E-state index contributed by atoms with van der Waals surface area (Å²) in [7, 11) is 0. The molecule has 0 saturated carbocycles. The molecule has 10 nitrogen and oxygen atoms in total. The van der Waals surface area contributed by atoms with Crippen LogP contribution in [0.15, 0.2) is 54.6 Å². The molecule has 0 aliphatic rings. The second-order valence-electron chi connectivity index (χ2n) is 7.81. The Hall–Kier alpha value is -3.99. The van der Waals surface area contributed by atoms with Gasteiger partial charge in [-0.15, -0.1) is 0 Å². The number of nitrogens with one attached hydrogen (secondary N) is 3. The topological polar surface area (TPSA) is 132 Å². The van der Waals surface area contributed by atoms with E-state index in [0.29, 0.717) is 24.3 Å². The van der Waals surface area contributed by atoms with Gasteiger partial charge in [0, 0.05) is 6.42 Å². The number of carbonyl (C=O) groups is 4. The molecule has 0 atom stereocenters. The number of hydrazine groups is 1. The minimum atomic E-state index is -0.554. The molecule has 2 aromatic carbocycles. The van der Waals surface area contributed by atoms with Crippen molar-refractivity contribution in [3.63, 3.8) is 0 Å². The maximum Gasteiger partial charge on any atom is 0.338 e. The molecule has 0 unspecified atom stereocenters. The van der Waals surface area contributed by atoms with E-state index in [1.54, 1.807) is 12.1 Å². The second kappa shape index (κ2) is 16.6. The summed E-state index contributed by atoms with van der Waals surface area (Å²) in [4.78, 5) is 47.4. The number of hydrogen-bond acceptors (Lipinski definition) is 8. The molecular formula is C26H31N3O7S. The minimum absolute atomic E-state index is 0.0882. The van der Waals surface area contributed by atoms with E-state index in [1.807, 2.05) is 37.3 Å². The van der Waals surface area contributed by atoms with Crippen LogP contribution in [-0.4, -0.2) is 48.7 Å². The van der Waals surface area contributed by atoms with Gasteiger partial charge in [-0.3, -0.25) is 25.2 Å². The summed E-state index contributed by atoms with van der Waals surface area (Å²) >= 11 is 4.95. The molecule has 11 heteroatoms. The Morgan fingerprint density at radius 1 is 0.838 bits per heavy atom. The third-order valence-corrected chi connectivity index (χ3v) is 4.94. The summed E-state index contributed by atoms with van der Waals surface area (Å²) in [5.41, 5.74) is 6.21. The molecule has 3 N–H and O–H groups in total. The molecule has 0 aliphatic heterocycles. The highest BCUT2D eigenvalue weighted by molar-refractivity contribution is 7.80. The first-order chi connectivity index (χ1) is 17.9. The lowest BCUT2D eigenvalue weighted by Gasteiger charge is -2.11. The summed E-state index contributed by atoms with van der Waals surface area (Å²) in [6.07, 6.45) is 2.02. The van der Waals surface area contributed by atoms with Crippen molar-refractivity contribution in [1.29, 1.82) is 0 Å². The van der Waals surface area contributed by atoms with Gasteiger partial charge in [0.25, 0.3) is 5.91 Å². The van der Waals surface area contributed by atoms with Crippen molar-refractivity contribution in [2.75, 3.05) is 19.8 Å². The molecule has 198 valence electrons. The number of carbonyl (C=O) groups excluding carboxylic acids is 4. The molecule has 0 aromatic heterocycles. The van der Waals surface area contributed by atoms with E-state index < -0.39 is 23.8 Å². The zero-order valence-electron chi connectivity index (χ0n) is 20.6. The first-order valence-corrected chi connectivity index (χ1v) is 12.3. The Bertz CT molecular complexity index is 1050. The van der Waals surface area contributed by atoms with Crippen molar-refractivity contribution in [2.24, 2.45) is 0 Å². The van der Waals surface area contributed by atoms with Crippen LogP contribution in [0.1, 0.15) is 48.5 Å². The molecule has 0 radical (unpaired) electrons. The lowest BCUT2D eigenvalue weighted by atomic mass is 10.1. The highest BCUT2D eigenvalue weighted by Crippen LogP contribution is 2.13. The fourth-order valence-corrected chi connectivity index (χ4v) is 3.06. The monoisotopic (exact) mass is 529 g/mol. The van der Waals surface area contributed by atoms with E-state index in [4.69, 9.17) is 26.4 Å². The van der Waals surface area contributed by atoms with Crippen molar-refractivity contribution < 1.29 is 33.4 Å². The summed E-state index contributed by atoms with van der Waals surface area (Å²) in [5.74, 6) is -1.58. The van der Waals surface area contributed by atoms with Gasteiger partial charge in [0.1, 0.15) is 5.75 Å². The highest BCUT2D eigenvalue weighted by atomic mass is 32.1. The fraction of sp³-hybridized carbons (Fsp3) is 0.346.